The van der Waals surface area contributed by atoms with Crippen LogP contribution >= 0.6 is 0 Å². The van der Waals surface area contributed by atoms with E-state index in [0.717, 1.165) is 19.3 Å². The SMILES string of the molecule is O=C(CCC12CC3CC(CC(C3)C1)C2)C(F)(F)CS(=O)(=O)O. The number of halogens is 2. The van der Waals surface area contributed by atoms with Crippen molar-refractivity contribution in [2.24, 2.45) is 23.2 Å². The standard InChI is InChI=1S/C15H22F2O4S/c16-15(17,9-22(19,20)21)13(18)1-2-14-6-10-3-11(7-14)5-12(4-10)8-14/h10-12H,1-9H2,(H,19,20,21). The summed E-state index contributed by atoms with van der Waals surface area (Å²) in [5.74, 6) is -5.12. The first-order valence-corrected chi connectivity index (χ1v) is 9.54. The molecule has 0 aromatic rings. The van der Waals surface area contributed by atoms with E-state index in [1.165, 1.54) is 19.3 Å². The molecule has 4 nitrogen and oxygen atoms in total. The summed E-state index contributed by atoms with van der Waals surface area (Å²) < 4.78 is 56.9. The molecule has 0 radical (unpaired) electrons. The molecule has 4 saturated carbocycles. The van der Waals surface area contributed by atoms with Gasteiger partial charge >= 0.3 is 5.92 Å². The Morgan fingerprint density at radius 2 is 1.55 bits per heavy atom. The van der Waals surface area contributed by atoms with Crippen molar-refractivity contribution >= 4 is 15.9 Å². The zero-order chi connectivity index (χ0) is 16.2. The van der Waals surface area contributed by atoms with Crippen LogP contribution in [0.1, 0.15) is 51.4 Å². The number of ketones is 1. The molecule has 4 rings (SSSR count). The quantitative estimate of drug-likeness (QED) is 0.757. The maximum atomic E-state index is 13.6. The molecule has 0 aromatic heterocycles. The zero-order valence-electron chi connectivity index (χ0n) is 12.4. The number of carbonyl (C=O) groups excluding carboxylic acids is 1. The lowest BCUT2D eigenvalue weighted by Gasteiger charge is -2.57. The minimum atomic E-state index is -4.86. The first-order chi connectivity index (χ1) is 10.1. The fourth-order valence-electron chi connectivity index (χ4n) is 5.47. The third-order valence-electron chi connectivity index (χ3n) is 5.82. The Morgan fingerprint density at radius 3 is 1.95 bits per heavy atom. The molecule has 4 fully saturated rings. The van der Waals surface area contributed by atoms with E-state index in [2.05, 4.69) is 0 Å². The van der Waals surface area contributed by atoms with Crippen LogP contribution in [-0.2, 0) is 14.9 Å². The minimum absolute atomic E-state index is 0.0125. The molecule has 4 aliphatic carbocycles. The van der Waals surface area contributed by atoms with E-state index in [4.69, 9.17) is 4.55 Å². The van der Waals surface area contributed by atoms with Crippen LogP contribution in [0.2, 0.25) is 0 Å². The lowest BCUT2D eigenvalue weighted by atomic mass is 9.48. The van der Waals surface area contributed by atoms with Crippen LogP contribution < -0.4 is 0 Å². The van der Waals surface area contributed by atoms with E-state index < -0.39 is 27.6 Å². The Labute approximate surface area is 129 Å². The molecule has 126 valence electrons. The predicted octanol–water partition coefficient (Wildman–Crippen LogP) is 3.08. The van der Waals surface area contributed by atoms with Crippen molar-refractivity contribution in [3.05, 3.63) is 0 Å². The highest BCUT2D eigenvalue weighted by Crippen LogP contribution is 2.61. The van der Waals surface area contributed by atoms with Crippen LogP contribution in [-0.4, -0.2) is 30.4 Å². The van der Waals surface area contributed by atoms with Gasteiger partial charge in [0.2, 0.25) is 5.78 Å². The molecule has 0 saturated heterocycles. The van der Waals surface area contributed by atoms with Crippen LogP contribution in [0.4, 0.5) is 8.78 Å². The molecule has 4 bridgehead atoms. The maximum absolute atomic E-state index is 13.6. The average Bonchev–Trinajstić information content (AvgIpc) is 2.31. The Morgan fingerprint density at radius 1 is 1.09 bits per heavy atom. The predicted molar refractivity (Wildman–Crippen MR) is 76.2 cm³/mol. The van der Waals surface area contributed by atoms with Gasteiger partial charge in [-0.2, -0.15) is 17.2 Å². The van der Waals surface area contributed by atoms with Crippen molar-refractivity contribution in [3.8, 4) is 0 Å². The Hall–Kier alpha value is -0.560. The van der Waals surface area contributed by atoms with Gasteiger partial charge in [0.1, 0.15) is 5.75 Å². The molecule has 7 heteroatoms. The highest BCUT2D eigenvalue weighted by molar-refractivity contribution is 7.85. The molecule has 22 heavy (non-hydrogen) atoms. The molecule has 4 aliphatic rings. The van der Waals surface area contributed by atoms with Crippen molar-refractivity contribution in [2.45, 2.75) is 57.3 Å². The first-order valence-electron chi connectivity index (χ1n) is 7.93. The topological polar surface area (TPSA) is 71.4 Å². The summed E-state index contributed by atoms with van der Waals surface area (Å²) in [6, 6.07) is 0. The lowest BCUT2D eigenvalue weighted by Crippen LogP contribution is -2.46. The normalized spacial score (nSPS) is 37.5. The van der Waals surface area contributed by atoms with E-state index in [1.807, 2.05) is 0 Å². The van der Waals surface area contributed by atoms with Crippen molar-refractivity contribution in [1.82, 2.24) is 0 Å². The van der Waals surface area contributed by atoms with Crippen LogP contribution in [0, 0.1) is 23.2 Å². The number of hydrogen-bond acceptors (Lipinski definition) is 3. The first kappa shape index (κ1) is 16.3. The fourth-order valence-corrected chi connectivity index (χ4v) is 6.09. The van der Waals surface area contributed by atoms with E-state index in [0.29, 0.717) is 24.2 Å². The molecule has 0 aliphatic heterocycles. The van der Waals surface area contributed by atoms with Crippen molar-refractivity contribution < 1.29 is 26.5 Å². The third-order valence-corrected chi connectivity index (χ3v) is 6.55. The summed E-state index contributed by atoms with van der Waals surface area (Å²) in [7, 11) is -4.86. The lowest BCUT2D eigenvalue weighted by molar-refractivity contribution is -0.142. The number of rotatable bonds is 6. The fraction of sp³-hybridized carbons (Fsp3) is 0.933. The van der Waals surface area contributed by atoms with Gasteiger partial charge in [-0.05, 0) is 68.1 Å². The van der Waals surface area contributed by atoms with Gasteiger partial charge in [-0.3, -0.25) is 9.35 Å². The Kier molecular flexibility index (Phi) is 3.87. The Balaban J connectivity index is 1.61. The third kappa shape index (κ3) is 3.35. The average molecular weight is 336 g/mol. The van der Waals surface area contributed by atoms with Crippen molar-refractivity contribution in [2.75, 3.05) is 5.75 Å². The molecule has 0 atom stereocenters. The number of carbonyl (C=O) groups is 1. The van der Waals surface area contributed by atoms with Gasteiger partial charge in [-0.25, -0.2) is 0 Å². The summed E-state index contributed by atoms with van der Waals surface area (Å²) in [6.07, 6.45) is 6.93. The largest absolute Gasteiger partial charge is 0.321 e. The summed E-state index contributed by atoms with van der Waals surface area (Å²) in [5, 5.41) is 0. The maximum Gasteiger partial charge on any atom is 0.321 e. The van der Waals surface area contributed by atoms with Gasteiger partial charge in [0.05, 0.1) is 0 Å². The van der Waals surface area contributed by atoms with Crippen LogP contribution in [0.3, 0.4) is 0 Å². The number of Topliss-reactive ketones (excluding diaryl/α,β-unsaturated/α-hetero) is 1. The summed E-state index contributed by atoms with van der Waals surface area (Å²) in [4.78, 5) is 11.7. The summed E-state index contributed by atoms with van der Waals surface area (Å²) in [6.45, 7) is 0. The molecule has 0 aromatic carbocycles. The van der Waals surface area contributed by atoms with E-state index in [1.54, 1.807) is 0 Å². The molecule has 0 amide bonds. The van der Waals surface area contributed by atoms with Gasteiger partial charge in [0.25, 0.3) is 10.1 Å². The van der Waals surface area contributed by atoms with Gasteiger partial charge < -0.3 is 0 Å². The van der Waals surface area contributed by atoms with Gasteiger partial charge in [0, 0.05) is 6.42 Å². The van der Waals surface area contributed by atoms with Gasteiger partial charge in [-0.1, -0.05) is 0 Å². The molecular weight excluding hydrogens is 314 g/mol. The molecule has 1 N–H and O–H groups in total. The van der Waals surface area contributed by atoms with Crippen LogP contribution in [0.25, 0.3) is 0 Å². The van der Waals surface area contributed by atoms with E-state index in [9.17, 15) is 22.0 Å². The van der Waals surface area contributed by atoms with Crippen molar-refractivity contribution in [3.63, 3.8) is 0 Å². The van der Waals surface area contributed by atoms with Crippen LogP contribution in [0.15, 0.2) is 0 Å². The second-order valence-corrected chi connectivity index (χ2v) is 9.22. The molecule has 0 unspecified atom stereocenters. The zero-order valence-corrected chi connectivity index (χ0v) is 13.2. The second-order valence-electron chi connectivity index (χ2n) is 7.77. The summed E-state index contributed by atoms with van der Waals surface area (Å²) >= 11 is 0. The van der Waals surface area contributed by atoms with Gasteiger partial charge in [-0.15, -0.1) is 0 Å². The van der Waals surface area contributed by atoms with Crippen LogP contribution in [0.5, 0.6) is 0 Å². The smallest absolute Gasteiger partial charge is 0.293 e. The second kappa shape index (κ2) is 5.23. The monoisotopic (exact) mass is 336 g/mol. The molecule has 0 heterocycles. The Bertz CT molecular complexity index is 535. The van der Waals surface area contributed by atoms with E-state index in [-0.39, 0.29) is 11.8 Å². The molecular formula is C15H22F2O4S. The highest BCUT2D eigenvalue weighted by atomic mass is 32.2. The number of alkyl halides is 2. The minimum Gasteiger partial charge on any atom is -0.293 e. The molecule has 0 spiro atoms. The number of hydrogen-bond donors (Lipinski definition) is 1. The van der Waals surface area contributed by atoms with Gasteiger partial charge in [0.15, 0.2) is 0 Å². The van der Waals surface area contributed by atoms with Crippen molar-refractivity contribution in [1.29, 1.82) is 0 Å². The highest BCUT2D eigenvalue weighted by Gasteiger charge is 2.51. The summed E-state index contributed by atoms with van der Waals surface area (Å²) in [5.41, 5.74) is 0.0125. The van der Waals surface area contributed by atoms with E-state index >= 15 is 0 Å².